The molecule has 0 bridgehead atoms. The van der Waals surface area contributed by atoms with E-state index in [0.29, 0.717) is 29.4 Å². The summed E-state index contributed by atoms with van der Waals surface area (Å²) in [6, 6.07) is 12.6. The van der Waals surface area contributed by atoms with E-state index in [1.807, 2.05) is 18.2 Å². The Kier molecular flexibility index (Phi) is 7.08. The fourth-order valence-corrected chi connectivity index (χ4v) is 3.51. The first-order chi connectivity index (χ1) is 14.1. The number of benzene rings is 2. The lowest BCUT2D eigenvalue weighted by molar-refractivity contribution is 0.0600. The Bertz CT molecular complexity index is 876. The van der Waals surface area contributed by atoms with Crippen molar-refractivity contribution in [3.8, 4) is 16.9 Å². The molecule has 3 rings (SSSR count). The third kappa shape index (κ3) is 5.48. The van der Waals surface area contributed by atoms with Crippen molar-refractivity contribution in [2.75, 3.05) is 26.8 Å². The van der Waals surface area contributed by atoms with Crippen LogP contribution in [0.25, 0.3) is 11.1 Å². The molecular formula is C22H27N3O4. The Morgan fingerprint density at radius 2 is 1.93 bits per heavy atom. The first-order valence-corrected chi connectivity index (χ1v) is 9.76. The number of amidine groups is 1. The number of hydrogen-bond acceptors (Lipinski definition) is 6. The number of ether oxygens (including phenoxy) is 2. The zero-order valence-corrected chi connectivity index (χ0v) is 16.6. The molecule has 0 amide bonds. The molecular weight excluding hydrogens is 370 g/mol. The fourth-order valence-electron chi connectivity index (χ4n) is 3.51. The number of methoxy groups -OCH3 is 1. The van der Waals surface area contributed by atoms with E-state index in [2.05, 4.69) is 10.5 Å². The van der Waals surface area contributed by atoms with E-state index < -0.39 is 5.97 Å². The maximum Gasteiger partial charge on any atom is 0.338 e. The maximum absolute atomic E-state index is 12.1. The van der Waals surface area contributed by atoms with Crippen molar-refractivity contribution >= 4 is 11.8 Å². The molecule has 2 aromatic rings. The highest BCUT2D eigenvalue weighted by atomic mass is 16.5. The van der Waals surface area contributed by atoms with Crippen molar-refractivity contribution in [1.29, 1.82) is 0 Å². The first-order valence-electron chi connectivity index (χ1n) is 9.76. The van der Waals surface area contributed by atoms with Crippen LogP contribution in [0.15, 0.2) is 47.6 Å². The van der Waals surface area contributed by atoms with Gasteiger partial charge in [0.2, 0.25) is 0 Å². The number of hydrogen-bond donors (Lipinski definition) is 3. The van der Waals surface area contributed by atoms with E-state index in [1.54, 1.807) is 24.3 Å². The minimum absolute atomic E-state index is 0.0226. The number of oxime groups is 1. The van der Waals surface area contributed by atoms with Crippen LogP contribution in [0.1, 0.15) is 35.2 Å². The van der Waals surface area contributed by atoms with Crippen LogP contribution in [-0.2, 0) is 4.74 Å². The molecule has 1 heterocycles. The minimum Gasteiger partial charge on any atom is -0.494 e. The number of carbonyl (C=O) groups is 1. The zero-order valence-electron chi connectivity index (χ0n) is 16.6. The lowest BCUT2D eigenvalue weighted by Gasteiger charge is -2.22. The quantitative estimate of drug-likeness (QED) is 0.218. The fraction of sp³-hybridized carbons (Fsp3) is 0.364. The summed E-state index contributed by atoms with van der Waals surface area (Å²) in [7, 11) is 1.35. The van der Waals surface area contributed by atoms with E-state index >= 15 is 0 Å². The van der Waals surface area contributed by atoms with E-state index in [0.717, 1.165) is 43.5 Å². The molecule has 1 aliphatic heterocycles. The highest BCUT2D eigenvalue weighted by Crippen LogP contribution is 2.28. The summed E-state index contributed by atoms with van der Waals surface area (Å²) >= 11 is 0. The van der Waals surface area contributed by atoms with Gasteiger partial charge in [0.05, 0.1) is 19.3 Å². The monoisotopic (exact) mass is 397 g/mol. The van der Waals surface area contributed by atoms with Crippen LogP contribution in [0.2, 0.25) is 0 Å². The van der Waals surface area contributed by atoms with Gasteiger partial charge in [0, 0.05) is 5.56 Å². The topological polar surface area (TPSA) is 106 Å². The molecule has 1 fully saturated rings. The predicted octanol–water partition coefficient (Wildman–Crippen LogP) is 3.00. The average molecular weight is 397 g/mol. The lowest BCUT2D eigenvalue weighted by Crippen LogP contribution is -2.28. The van der Waals surface area contributed by atoms with Crippen molar-refractivity contribution in [3.63, 3.8) is 0 Å². The van der Waals surface area contributed by atoms with Gasteiger partial charge in [0.1, 0.15) is 5.75 Å². The molecule has 0 saturated carbocycles. The largest absolute Gasteiger partial charge is 0.494 e. The number of nitrogens with zero attached hydrogens (tertiary/aromatic N) is 1. The molecule has 0 radical (unpaired) electrons. The van der Waals surface area contributed by atoms with Gasteiger partial charge in [-0.15, -0.1) is 0 Å². The molecule has 0 unspecified atom stereocenters. The van der Waals surface area contributed by atoms with Gasteiger partial charge in [-0.3, -0.25) is 0 Å². The van der Waals surface area contributed by atoms with Gasteiger partial charge in [0.25, 0.3) is 0 Å². The zero-order chi connectivity index (χ0) is 20.6. The molecule has 2 aromatic carbocycles. The molecule has 1 saturated heterocycles. The Morgan fingerprint density at radius 3 is 2.66 bits per heavy atom. The van der Waals surface area contributed by atoms with Crippen molar-refractivity contribution < 1.29 is 19.5 Å². The molecule has 0 atom stereocenters. The van der Waals surface area contributed by atoms with Crippen molar-refractivity contribution in [3.05, 3.63) is 53.6 Å². The maximum atomic E-state index is 12.1. The van der Waals surface area contributed by atoms with Crippen LogP contribution in [0.3, 0.4) is 0 Å². The van der Waals surface area contributed by atoms with Gasteiger partial charge in [-0.25, -0.2) is 4.79 Å². The van der Waals surface area contributed by atoms with Gasteiger partial charge in [0.15, 0.2) is 5.84 Å². The minimum atomic E-state index is -0.428. The van der Waals surface area contributed by atoms with Gasteiger partial charge in [-0.05, 0) is 73.7 Å². The number of nitrogens with one attached hydrogen (secondary N) is 1. The van der Waals surface area contributed by atoms with E-state index in [9.17, 15) is 4.79 Å². The second-order valence-electron chi connectivity index (χ2n) is 7.13. The molecule has 0 spiro atoms. The van der Waals surface area contributed by atoms with Gasteiger partial charge >= 0.3 is 5.97 Å². The van der Waals surface area contributed by atoms with Crippen LogP contribution in [0, 0.1) is 5.92 Å². The summed E-state index contributed by atoms with van der Waals surface area (Å²) in [6.07, 6.45) is 3.31. The average Bonchev–Trinajstić information content (AvgIpc) is 2.78. The van der Waals surface area contributed by atoms with E-state index in [4.69, 9.17) is 20.4 Å². The third-order valence-corrected chi connectivity index (χ3v) is 5.18. The number of carbonyl (C=O) groups excluding carboxylic acids is 1. The van der Waals surface area contributed by atoms with Gasteiger partial charge in [-0.1, -0.05) is 23.4 Å². The number of piperidine rings is 1. The van der Waals surface area contributed by atoms with Crippen LogP contribution in [0.5, 0.6) is 5.75 Å². The summed E-state index contributed by atoms with van der Waals surface area (Å²) in [6.45, 7) is 2.71. The third-order valence-electron chi connectivity index (χ3n) is 5.18. The lowest BCUT2D eigenvalue weighted by atomic mass is 9.95. The Balaban J connectivity index is 1.83. The van der Waals surface area contributed by atoms with Crippen LogP contribution in [0.4, 0.5) is 0 Å². The SMILES string of the molecule is COC(=O)c1cc(OCCC2CCNCC2)cc(-c2cccc(/C(N)=N/O)c2)c1. The first kappa shape index (κ1) is 20.7. The molecule has 154 valence electrons. The van der Waals surface area contributed by atoms with Crippen LogP contribution in [-0.4, -0.2) is 43.8 Å². The van der Waals surface area contributed by atoms with E-state index in [-0.39, 0.29) is 5.84 Å². The highest BCUT2D eigenvalue weighted by Gasteiger charge is 2.15. The molecule has 0 aromatic heterocycles. The molecule has 7 nitrogen and oxygen atoms in total. The number of rotatable bonds is 7. The second kappa shape index (κ2) is 9.93. The summed E-state index contributed by atoms with van der Waals surface area (Å²) in [5.74, 6) is 0.875. The summed E-state index contributed by atoms with van der Waals surface area (Å²) in [4.78, 5) is 12.1. The van der Waals surface area contributed by atoms with Crippen molar-refractivity contribution in [2.45, 2.75) is 19.3 Å². The molecule has 0 aliphatic carbocycles. The number of nitrogens with two attached hydrogens (primary N) is 1. The van der Waals surface area contributed by atoms with Crippen LogP contribution < -0.4 is 15.8 Å². The van der Waals surface area contributed by atoms with Crippen molar-refractivity contribution in [2.24, 2.45) is 16.8 Å². The number of esters is 1. The summed E-state index contributed by atoms with van der Waals surface area (Å²) in [5, 5.41) is 15.3. The second-order valence-corrected chi connectivity index (χ2v) is 7.13. The van der Waals surface area contributed by atoms with Gasteiger partial charge in [-0.2, -0.15) is 0 Å². The molecule has 4 N–H and O–H groups in total. The van der Waals surface area contributed by atoms with E-state index in [1.165, 1.54) is 7.11 Å². The molecule has 1 aliphatic rings. The predicted molar refractivity (Wildman–Crippen MR) is 111 cm³/mol. The van der Waals surface area contributed by atoms with Crippen molar-refractivity contribution in [1.82, 2.24) is 5.32 Å². The molecule has 7 heteroatoms. The van der Waals surface area contributed by atoms with Gasteiger partial charge < -0.3 is 25.7 Å². The van der Waals surface area contributed by atoms with Crippen LogP contribution >= 0.6 is 0 Å². The summed E-state index contributed by atoms with van der Waals surface area (Å²) in [5.41, 5.74) is 8.31. The molecule has 29 heavy (non-hydrogen) atoms. The standard InChI is InChI=1S/C22H27N3O4/c1-28-22(26)19-12-18(16-3-2-4-17(11-16)21(23)25-27)13-20(14-19)29-10-7-15-5-8-24-9-6-15/h2-4,11-15,24,27H,5-10H2,1H3,(H2,23,25). The normalized spacial score (nSPS) is 15.1. The Hall–Kier alpha value is -3.06. The summed E-state index contributed by atoms with van der Waals surface area (Å²) < 4.78 is 10.9. The highest BCUT2D eigenvalue weighted by molar-refractivity contribution is 5.98. The Labute approximate surface area is 170 Å². The Morgan fingerprint density at radius 1 is 1.17 bits per heavy atom. The smallest absolute Gasteiger partial charge is 0.338 e.